The van der Waals surface area contributed by atoms with Crippen molar-refractivity contribution in [2.45, 2.75) is 32.8 Å². The first-order valence-electron chi connectivity index (χ1n) is 9.44. The van der Waals surface area contributed by atoms with Crippen LogP contribution in [0.25, 0.3) is 6.08 Å². The Morgan fingerprint density at radius 2 is 1.96 bits per heavy atom. The third-order valence-electron chi connectivity index (χ3n) is 5.30. The zero-order chi connectivity index (χ0) is 20.3. The molecule has 2 unspecified atom stereocenters. The number of carbonyl (C=O) groups is 2. The molecule has 2 aliphatic rings. The second-order valence-electron chi connectivity index (χ2n) is 7.13. The Kier molecular flexibility index (Phi) is 5.95. The van der Waals surface area contributed by atoms with Crippen LogP contribution in [-0.2, 0) is 14.3 Å². The second kappa shape index (κ2) is 8.40. The summed E-state index contributed by atoms with van der Waals surface area (Å²) in [4.78, 5) is 23.0. The number of hydrogen-bond donors (Lipinski definition) is 2. The number of primary amides is 1. The lowest BCUT2D eigenvalue weighted by Crippen LogP contribution is -2.23. The van der Waals surface area contributed by atoms with E-state index in [0.717, 1.165) is 27.9 Å². The van der Waals surface area contributed by atoms with Gasteiger partial charge in [0.25, 0.3) is 0 Å². The van der Waals surface area contributed by atoms with Crippen LogP contribution in [0.3, 0.4) is 0 Å². The number of rotatable bonds is 7. The van der Waals surface area contributed by atoms with Crippen molar-refractivity contribution in [3.05, 3.63) is 75.9 Å². The first-order chi connectivity index (χ1) is 13.4. The molecule has 0 bridgehead atoms. The summed E-state index contributed by atoms with van der Waals surface area (Å²) in [6.45, 7) is 4.33. The maximum atomic E-state index is 12.2. The van der Waals surface area contributed by atoms with Gasteiger partial charge in [-0.05, 0) is 41.7 Å². The number of nitrogens with two attached hydrogens (primary N) is 1. The summed E-state index contributed by atoms with van der Waals surface area (Å²) >= 11 is 0. The molecule has 1 aromatic rings. The van der Waals surface area contributed by atoms with Gasteiger partial charge < -0.3 is 15.6 Å². The number of benzene rings is 1. The topological polar surface area (TPSA) is 89.6 Å². The van der Waals surface area contributed by atoms with Crippen molar-refractivity contribution in [3.63, 3.8) is 0 Å². The molecule has 0 heterocycles. The molecule has 0 saturated carbocycles. The van der Waals surface area contributed by atoms with Crippen molar-refractivity contribution < 1.29 is 19.4 Å². The maximum absolute atomic E-state index is 12.2. The zero-order valence-electron chi connectivity index (χ0n) is 16.1. The molecule has 1 amide bonds. The van der Waals surface area contributed by atoms with Gasteiger partial charge in [0, 0.05) is 24.5 Å². The average molecular weight is 379 g/mol. The summed E-state index contributed by atoms with van der Waals surface area (Å²) in [5.41, 5.74) is 11.1. The number of carboxylic acid groups (broad SMARTS) is 1. The van der Waals surface area contributed by atoms with Crippen LogP contribution in [0.2, 0.25) is 0 Å². The van der Waals surface area contributed by atoms with Gasteiger partial charge in [0.05, 0.1) is 0 Å². The third-order valence-corrected chi connectivity index (χ3v) is 5.30. The lowest BCUT2D eigenvalue weighted by Gasteiger charge is -2.25. The quantitative estimate of drug-likeness (QED) is 0.708. The van der Waals surface area contributed by atoms with Gasteiger partial charge in [0.2, 0.25) is 5.91 Å². The molecule has 3 N–H and O–H groups in total. The predicted molar refractivity (Wildman–Crippen MR) is 108 cm³/mol. The fraction of sp³-hybridized carbons (Fsp3) is 0.304. The van der Waals surface area contributed by atoms with Gasteiger partial charge in [-0.2, -0.15) is 0 Å². The van der Waals surface area contributed by atoms with Crippen molar-refractivity contribution in [2.24, 2.45) is 11.7 Å². The van der Waals surface area contributed by atoms with Crippen molar-refractivity contribution in [1.29, 1.82) is 0 Å². The minimum absolute atomic E-state index is 0.0602. The SMILES string of the molecule is CC1=C(C(N)=O)C2=C(C=CC(OCCCC(=O)O)C2=Cc2ccccc2)C1C. The highest BCUT2D eigenvalue weighted by Crippen LogP contribution is 2.45. The minimum atomic E-state index is -0.841. The Labute approximate surface area is 164 Å². The molecule has 146 valence electrons. The fourth-order valence-electron chi connectivity index (χ4n) is 3.76. The Balaban J connectivity index is 1.99. The lowest BCUT2D eigenvalue weighted by atomic mass is 9.85. The fourth-order valence-corrected chi connectivity index (χ4v) is 3.76. The van der Waals surface area contributed by atoms with Gasteiger partial charge in [-0.15, -0.1) is 0 Å². The number of ether oxygens (including phenoxy) is 1. The van der Waals surface area contributed by atoms with E-state index < -0.39 is 11.9 Å². The summed E-state index contributed by atoms with van der Waals surface area (Å²) in [5, 5.41) is 8.83. The molecule has 0 radical (unpaired) electrons. The zero-order valence-corrected chi connectivity index (χ0v) is 16.1. The minimum Gasteiger partial charge on any atom is -0.481 e. The van der Waals surface area contributed by atoms with Crippen molar-refractivity contribution >= 4 is 18.0 Å². The molecule has 0 aromatic heterocycles. The van der Waals surface area contributed by atoms with Crippen LogP contribution in [0.4, 0.5) is 0 Å². The molecule has 0 spiro atoms. The van der Waals surface area contributed by atoms with Crippen LogP contribution in [0.5, 0.6) is 0 Å². The largest absolute Gasteiger partial charge is 0.481 e. The van der Waals surface area contributed by atoms with E-state index in [0.29, 0.717) is 18.6 Å². The van der Waals surface area contributed by atoms with E-state index in [1.807, 2.05) is 55.5 Å². The number of allylic oxidation sites excluding steroid dienone is 3. The highest BCUT2D eigenvalue weighted by atomic mass is 16.5. The van der Waals surface area contributed by atoms with Gasteiger partial charge in [0.15, 0.2) is 0 Å². The van der Waals surface area contributed by atoms with E-state index in [4.69, 9.17) is 15.6 Å². The van der Waals surface area contributed by atoms with Gasteiger partial charge in [-0.25, -0.2) is 0 Å². The smallest absolute Gasteiger partial charge is 0.303 e. The molecule has 1 aromatic carbocycles. The van der Waals surface area contributed by atoms with E-state index in [2.05, 4.69) is 6.92 Å². The van der Waals surface area contributed by atoms with Crippen LogP contribution in [0.15, 0.2) is 70.3 Å². The van der Waals surface area contributed by atoms with E-state index in [1.165, 1.54) is 0 Å². The van der Waals surface area contributed by atoms with Crippen LogP contribution in [0, 0.1) is 5.92 Å². The molecule has 5 nitrogen and oxygen atoms in total. The van der Waals surface area contributed by atoms with Crippen LogP contribution in [0.1, 0.15) is 32.3 Å². The summed E-state index contributed by atoms with van der Waals surface area (Å²) in [7, 11) is 0. The van der Waals surface area contributed by atoms with Crippen LogP contribution < -0.4 is 5.73 Å². The molecular formula is C23H25NO4. The number of carbonyl (C=O) groups excluding carboxylic acids is 1. The third kappa shape index (κ3) is 3.99. The standard InChI is InChI=1S/C23H25NO4/c1-14-15(2)21(23(24)27)22-17(14)10-11-19(28-12-6-9-20(25)26)18(22)13-16-7-4-3-5-8-16/h3-5,7-8,10-11,13-14,19H,6,9,12H2,1-2H3,(H2,24,27)(H,25,26). The Hall–Kier alpha value is -2.92. The van der Waals surface area contributed by atoms with Gasteiger partial charge in [-0.1, -0.05) is 55.0 Å². The van der Waals surface area contributed by atoms with Crippen LogP contribution in [-0.4, -0.2) is 29.7 Å². The molecule has 0 aliphatic heterocycles. The van der Waals surface area contributed by atoms with Crippen molar-refractivity contribution in [2.75, 3.05) is 6.61 Å². The van der Waals surface area contributed by atoms with Crippen molar-refractivity contribution in [3.8, 4) is 0 Å². The normalized spacial score (nSPS) is 22.7. The molecule has 28 heavy (non-hydrogen) atoms. The van der Waals surface area contributed by atoms with Gasteiger partial charge in [-0.3, -0.25) is 9.59 Å². The Morgan fingerprint density at radius 1 is 1.25 bits per heavy atom. The molecule has 0 saturated heterocycles. The molecule has 0 fully saturated rings. The Morgan fingerprint density at radius 3 is 2.61 bits per heavy atom. The summed E-state index contributed by atoms with van der Waals surface area (Å²) in [6.07, 6.45) is 6.13. The van der Waals surface area contributed by atoms with Crippen LogP contribution >= 0.6 is 0 Å². The van der Waals surface area contributed by atoms with E-state index >= 15 is 0 Å². The lowest BCUT2D eigenvalue weighted by molar-refractivity contribution is -0.137. The molecule has 5 heteroatoms. The Bertz CT molecular complexity index is 906. The number of hydrogen-bond acceptors (Lipinski definition) is 3. The first kappa shape index (κ1) is 19.8. The van der Waals surface area contributed by atoms with Gasteiger partial charge >= 0.3 is 5.97 Å². The average Bonchev–Trinajstić information content (AvgIpc) is 2.92. The number of aliphatic carboxylic acids is 1. The highest BCUT2D eigenvalue weighted by molar-refractivity contribution is 6.02. The summed E-state index contributed by atoms with van der Waals surface area (Å²) in [6, 6.07) is 9.84. The molecule has 3 rings (SSSR count). The highest BCUT2D eigenvalue weighted by Gasteiger charge is 2.36. The van der Waals surface area contributed by atoms with E-state index in [1.54, 1.807) is 0 Å². The molecule has 2 aliphatic carbocycles. The van der Waals surface area contributed by atoms with Crippen molar-refractivity contribution in [1.82, 2.24) is 0 Å². The summed E-state index contributed by atoms with van der Waals surface area (Å²) in [5.74, 6) is -1.17. The monoisotopic (exact) mass is 379 g/mol. The first-order valence-corrected chi connectivity index (χ1v) is 9.44. The van der Waals surface area contributed by atoms with Gasteiger partial charge in [0.1, 0.15) is 6.10 Å². The summed E-state index contributed by atoms with van der Waals surface area (Å²) < 4.78 is 6.00. The predicted octanol–water partition coefficient (Wildman–Crippen LogP) is 3.64. The maximum Gasteiger partial charge on any atom is 0.303 e. The second-order valence-corrected chi connectivity index (χ2v) is 7.13. The number of carboxylic acids is 1. The number of amides is 1. The molecular weight excluding hydrogens is 354 g/mol. The van der Waals surface area contributed by atoms with E-state index in [9.17, 15) is 9.59 Å². The molecule has 2 atom stereocenters. The van der Waals surface area contributed by atoms with E-state index in [-0.39, 0.29) is 18.4 Å².